The van der Waals surface area contributed by atoms with Gasteiger partial charge < -0.3 is 19.7 Å². The van der Waals surface area contributed by atoms with E-state index in [4.69, 9.17) is 9.47 Å². The summed E-state index contributed by atoms with van der Waals surface area (Å²) in [5, 5.41) is 11.0. The summed E-state index contributed by atoms with van der Waals surface area (Å²) in [4.78, 5) is 2.36. The van der Waals surface area contributed by atoms with Crippen molar-refractivity contribution in [3.05, 3.63) is 17.5 Å². The Kier molecular flexibility index (Phi) is 9.22. The van der Waals surface area contributed by atoms with Crippen LogP contribution in [0.4, 0.5) is 0 Å². The van der Waals surface area contributed by atoms with Crippen LogP contribution in [0, 0.1) is 11.3 Å². The minimum Gasteiger partial charge on any atom is -0.385 e. The highest BCUT2D eigenvalue weighted by Crippen LogP contribution is 2.47. The highest BCUT2D eigenvalue weighted by Gasteiger charge is 2.38. The highest BCUT2D eigenvalue weighted by molar-refractivity contribution is 5.21. The molecule has 0 aliphatic heterocycles. The van der Waals surface area contributed by atoms with Gasteiger partial charge in [0.25, 0.3) is 0 Å². The lowest BCUT2D eigenvalue weighted by atomic mass is 9.65. The molecule has 1 aromatic heterocycles. The van der Waals surface area contributed by atoms with Crippen LogP contribution in [0.25, 0.3) is 0 Å². The molecule has 0 radical (unpaired) electrons. The van der Waals surface area contributed by atoms with Crippen molar-refractivity contribution in [2.24, 2.45) is 11.3 Å². The second-order valence-corrected chi connectivity index (χ2v) is 8.72. The van der Waals surface area contributed by atoms with Crippen LogP contribution in [-0.4, -0.2) is 69.2 Å². The summed E-state index contributed by atoms with van der Waals surface area (Å²) in [7, 11) is 5.92. The number of nitrogens with zero attached hydrogens (tertiary/aromatic N) is 2. The number of hydrogen-bond acceptors (Lipinski definition) is 5. The highest BCUT2D eigenvalue weighted by atomic mass is 16.5. The van der Waals surface area contributed by atoms with Crippen LogP contribution in [0.1, 0.15) is 56.7 Å². The van der Waals surface area contributed by atoms with Gasteiger partial charge in [-0.2, -0.15) is 5.10 Å². The maximum absolute atomic E-state index is 5.99. The van der Waals surface area contributed by atoms with E-state index in [0.29, 0.717) is 17.3 Å². The molecule has 27 heavy (non-hydrogen) atoms. The first-order valence-corrected chi connectivity index (χ1v) is 10.4. The number of aromatic amines is 1. The van der Waals surface area contributed by atoms with Crippen LogP contribution < -0.4 is 5.32 Å². The first-order valence-electron chi connectivity index (χ1n) is 10.4. The first-order chi connectivity index (χ1) is 13.0. The topological polar surface area (TPSA) is 62.4 Å². The number of H-pyrrole nitrogens is 1. The third-order valence-corrected chi connectivity index (χ3v) is 6.09. The predicted octanol–water partition coefficient (Wildman–Crippen LogP) is 3.02. The van der Waals surface area contributed by atoms with E-state index in [1.807, 2.05) is 7.05 Å². The molecule has 1 aliphatic rings. The van der Waals surface area contributed by atoms with Gasteiger partial charge in [-0.25, -0.2) is 0 Å². The molecule has 156 valence electrons. The van der Waals surface area contributed by atoms with Crippen molar-refractivity contribution in [1.82, 2.24) is 20.4 Å². The molecule has 0 bridgehead atoms. The van der Waals surface area contributed by atoms with Gasteiger partial charge >= 0.3 is 0 Å². The van der Waals surface area contributed by atoms with Gasteiger partial charge in [0, 0.05) is 64.2 Å². The van der Waals surface area contributed by atoms with E-state index in [0.717, 1.165) is 52.3 Å². The van der Waals surface area contributed by atoms with E-state index in [2.05, 4.69) is 47.5 Å². The van der Waals surface area contributed by atoms with Crippen LogP contribution in [-0.2, 0) is 16.0 Å². The van der Waals surface area contributed by atoms with Crippen molar-refractivity contribution in [3.8, 4) is 0 Å². The Bertz CT molecular complexity index is 532. The van der Waals surface area contributed by atoms with Crippen molar-refractivity contribution in [2.75, 3.05) is 54.1 Å². The molecular formula is C21H40N4O2. The zero-order valence-electron chi connectivity index (χ0n) is 18.0. The maximum atomic E-state index is 5.99. The van der Waals surface area contributed by atoms with E-state index in [-0.39, 0.29) is 0 Å². The van der Waals surface area contributed by atoms with Gasteiger partial charge in [0.1, 0.15) is 0 Å². The first kappa shape index (κ1) is 22.3. The van der Waals surface area contributed by atoms with Crippen LogP contribution in [0.2, 0.25) is 0 Å². The Labute approximate surface area is 165 Å². The number of nitrogens with one attached hydrogen (secondary N) is 2. The second-order valence-electron chi connectivity index (χ2n) is 8.72. The molecular weight excluding hydrogens is 340 g/mol. The number of aromatic nitrogens is 2. The molecule has 1 aliphatic carbocycles. The molecule has 1 unspecified atom stereocenters. The smallest absolute Gasteiger partial charge is 0.0698 e. The molecule has 6 nitrogen and oxygen atoms in total. The summed E-state index contributed by atoms with van der Waals surface area (Å²) in [5.41, 5.74) is 2.95. The van der Waals surface area contributed by atoms with Crippen LogP contribution in [0.15, 0.2) is 6.20 Å². The second kappa shape index (κ2) is 11.1. The quantitative estimate of drug-likeness (QED) is 0.546. The lowest BCUT2D eigenvalue weighted by Crippen LogP contribution is -2.35. The lowest BCUT2D eigenvalue weighted by molar-refractivity contribution is 0.0117. The fourth-order valence-electron chi connectivity index (χ4n) is 4.08. The molecule has 2 N–H and O–H groups in total. The summed E-state index contributed by atoms with van der Waals surface area (Å²) in [6, 6.07) is 0. The van der Waals surface area contributed by atoms with E-state index in [9.17, 15) is 0 Å². The molecule has 0 spiro atoms. The average Bonchev–Trinajstić information content (AvgIpc) is 3.09. The number of hydrogen-bond donors (Lipinski definition) is 2. The van der Waals surface area contributed by atoms with Gasteiger partial charge in [-0.1, -0.05) is 13.8 Å². The predicted molar refractivity (Wildman–Crippen MR) is 110 cm³/mol. The molecule has 0 aromatic carbocycles. The van der Waals surface area contributed by atoms with Crippen molar-refractivity contribution in [2.45, 2.75) is 52.0 Å². The fourth-order valence-corrected chi connectivity index (χ4v) is 4.08. The zero-order chi connectivity index (χ0) is 19.7. The van der Waals surface area contributed by atoms with Gasteiger partial charge in [-0.3, -0.25) is 5.10 Å². The molecule has 2 rings (SSSR count). The normalized spacial score (nSPS) is 22.4. The van der Waals surface area contributed by atoms with E-state index in [1.165, 1.54) is 24.1 Å². The Morgan fingerprint density at radius 1 is 1.37 bits per heavy atom. The molecule has 6 heteroatoms. The fraction of sp³-hybridized carbons (Fsp3) is 0.857. The molecule has 1 heterocycles. The summed E-state index contributed by atoms with van der Waals surface area (Å²) < 4.78 is 11.1. The molecule has 1 aromatic rings. The number of likely N-dealkylation sites (N-methyl/N-ethyl adjacent to an activating group) is 2. The van der Waals surface area contributed by atoms with Crippen molar-refractivity contribution >= 4 is 0 Å². The zero-order valence-corrected chi connectivity index (χ0v) is 18.0. The largest absolute Gasteiger partial charge is 0.385 e. The van der Waals surface area contributed by atoms with E-state index in [1.54, 1.807) is 7.11 Å². The van der Waals surface area contributed by atoms with Gasteiger partial charge in [0.15, 0.2) is 0 Å². The monoisotopic (exact) mass is 380 g/mol. The summed E-state index contributed by atoms with van der Waals surface area (Å²) >= 11 is 0. The lowest BCUT2D eigenvalue weighted by Gasteiger charge is -2.42. The van der Waals surface area contributed by atoms with Crippen molar-refractivity contribution < 1.29 is 9.47 Å². The number of methoxy groups -OCH3 is 1. The number of rotatable bonds is 12. The molecule has 0 saturated heterocycles. The minimum absolute atomic E-state index is 0.331. The molecule has 2 atom stereocenters. The minimum atomic E-state index is 0.331. The summed E-state index contributed by atoms with van der Waals surface area (Å²) in [6.45, 7) is 10.2. The van der Waals surface area contributed by atoms with E-state index >= 15 is 0 Å². The average molecular weight is 381 g/mol. The summed E-state index contributed by atoms with van der Waals surface area (Å²) in [5.74, 6) is 1.11. The number of ether oxygens (including phenoxy) is 2. The van der Waals surface area contributed by atoms with Crippen molar-refractivity contribution in [3.63, 3.8) is 0 Å². The van der Waals surface area contributed by atoms with Crippen molar-refractivity contribution in [1.29, 1.82) is 0 Å². The summed E-state index contributed by atoms with van der Waals surface area (Å²) in [6.07, 6.45) is 6.66. The Balaban J connectivity index is 1.93. The van der Waals surface area contributed by atoms with Crippen LogP contribution in [0.5, 0.6) is 0 Å². The molecule has 1 saturated carbocycles. The van der Waals surface area contributed by atoms with Crippen LogP contribution >= 0.6 is 0 Å². The molecule has 1 fully saturated rings. The SMILES string of the molecule is CNCCN(C)Cc1c[nH]nc1C1CCC(C)(C)[C@H](COCCCOC)C1. The third-order valence-electron chi connectivity index (χ3n) is 6.09. The van der Waals surface area contributed by atoms with E-state index < -0.39 is 0 Å². The van der Waals surface area contributed by atoms with Gasteiger partial charge in [-0.15, -0.1) is 0 Å². The Morgan fingerprint density at radius 3 is 2.93 bits per heavy atom. The Hall–Kier alpha value is -0.950. The molecule has 0 amide bonds. The maximum Gasteiger partial charge on any atom is 0.0698 e. The van der Waals surface area contributed by atoms with Crippen LogP contribution in [0.3, 0.4) is 0 Å². The standard InChI is InChI=1S/C21H40N4O2/c1-21(2)8-7-17(13-19(21)16-27-12-6-11-26-5)20-18(14-23-24-20)15-25(4)10-9-22-3/h14,17,19,22H,6-13,15-16H2,1-5H3,(H,23,24)/t17?,19-/m0/s1. The van der Waals surface area contributed by atoms with Gasteiger partial charge in [-0.05, 0) is 51.1 Å². The Morgan fingerprint density at radius 2 is 2.19 bits per heavy atom. The van der Waals surface area contributed by atoms with Gasteiger partial charge in [0.05, 0.1) is 5.69 Å². The van der Waals surface area contributed by atoms with Gasteiger partial charge in [0.2, 0.25) is 0 Å². The third kappa shape index (κ3) is 6.86.